The quantitative estimate of drug-likeness (QED) is 0.505. The Hall–Kier alpha value is -3.59. The Morgan fingerprint density at radius 3 is 2.32 bits per heavy atom. The lowest BCUT2D eigenvalue weighted by Crippen LogP contribution is -2.23. The van der Waals surface area contributed by atoms with Gasteiger partial charge in [0.2, 0.25) is 0 Å². The Balaban J connectivity index is 0.000000339. The summed E-state index contributed by atoms with van der Waals surface area (Å²) in [5, 5.41) is 13.4. The van der Waals surface area contributed by atoms with E-state index in [1.807, 2.05) is 42.5 Å². The molecule has 0 fully saturated rings. The summed E-state index contributed by atoms with van der Waals surface area (Å²) < 4.78 is 31.7. The normalized spacial score (nSPS) is 12.5. The van der Waals surface area contributed by atoms with Crippen LogP contribution in [0.1, 0.15) is 27.2 Å². The molecule has 0 aliphatic carbocycles. The summed E-state index contributed by atoms with van der Waals surface area (Å²) in [6.45, 7) is 2.38. The van der Waals surface area contributed by atoms with Crippen LogP contribution in [0.5, 0.6) is 0 Å². The third kappa shape index (κ3) is 5.95. The van der Waals surface area contributed by atoms with Crippen LogP contribution in [-0.2, 0) is 24.4 Å². The summed E-state index contributed by atoms with van der Waals surface area (Å²) in [4.78, 5) is 24.4. The number of hydrogen-bond acceptors (Lipinski definition) is 3. The molecular weight excluding hydrogens is 411 g/mol. The van der Waals surface area contributed by atoms with E-state index in [2.05, 4.69) is 33.8 Å². The molecule has 0 spiro atoms. The largest absolute Gasteiger partial charge is 0.490 e. The van der Waals surface area contributed by atoms with E-state index >= 15 is 0 Å². The first kappa shape index (κ1) is 22.1. The summed E-state index contributed by atoms with van der Waals surface area (Å²) in [6.07, 6.45) is -5.08. The van der Waals surface area contributed by atoms with E-state index in [1.54, 1.807) is 0 Å². The summed E-state index contributed by atoms with van der Waals surface area (Å²) in [6, 6.07) is 20.1. The Morgan fingerprint density at radius 1 is 0.968 bits per heavy atom. The minimum atomic E-state index is -5.08. The summed E-state index contributed by atoms with van der Waals surface area (Å²) in [7, 11) is 0. The van der Waals surface area contributed by atoms with Crippen molar-refractivity contribution in [1.82, 2.24) is 15.6 Å². The highest BCUT2D eigenvalue weighted by Crippen LogP contribution is 2.19. The van der Waals surface area contributed by atoms with Gasteiger partial charge in [-0.3, -0.25) is 4.79 Å². The zero-order valence-electron chi connectivity index (χ0n) is 16.3. The Morgan fingerprint density at radius 2 is 1.65 bits per heavy atom. The summed E-state index contributed by atoms with van der Waals surface area (Å²) in [5.74, 6) is -2.84. The second-order valence-electron chi connectivity index (χ2n) is 6.84. The average molecular weight is 431 g/mol. The summed E-state index contributed by atoms with van der Waals surface area (Å²) >= 11 is 0. The number of rotatable bonds is 4. The number of H-pyrrole nitrogens is 1. The van der Waals surface area contributed by atoms with Gasteiger partial charge < -0.3 is 20.7 Å². The monoisotopic (exact) mass is 431 g/mol. The van der Waals surface area contributed by atoms with Crippen molar-refractivity contribution in [3.63, 3.8) is 0 Å². The minimum absolute atomic E-state index is 0.0872. The van der Waals surface area contributed by atoms with Crippen molar-refractivity contribution in [1.29, 1.82) is 0 Å². The fourth-order valence-corrected chi connectivity index (χ4v) is 3.05. The number of aromatic nitrogens is 1. The maximum atomic E-state index is 12.3. The molecule has 1 aliphatic heterocycles. The molecule has 3 aromatic rings. The number of carbonyl (C=O) groups is 2. The first-order valence-corrected chi connectivity index (χ1v) is 9.38. The van der Waals surface area contributed by atoms with Crippen molar-refractivity contribution in [2.45, 2.75) is 25.8 Å². The smallest absolute Gasteiger partial charge is 0.475 e. The molecule has 0 atom stereocenters. The van der Waals surface area contributed by atoms with Crippen molar-refractivity contribution in [2.75, 3.05) is 0 Å². The molecule has 31 heavy (non-hydrogen) atoms. The highest BCUT2D eigenvalue weighted by atomic mass is 19.4. The molecule has 2 aromatic carbocycles. The van der Waals surface area contributed by atoms with Crippen LogP contribution in [0.3, 0.4) is 0 Å². The van der Waals surface area contributed by atoms with Crippen LogP contribution >= 0.6 is 0 Å². The molecule has 2 heterocycles. The molecule has 1 aromatic heterocycles. The third-order valence-electron chi connectivity index (χ3n) is 4.61. The first-order valence-electron chi connectivity index (χ1n) is 9.38. The molecule has 162 valence electrons. The number of carboxylic acids is 1. The molecule has 0 radical (unpaired) electrons. The van der Waals surface area contributed by atoms with E-state index in [1.165, 1.54) is 11.1 Å². The van der Waals surface area contributed by atoms with Crippen molar-refractivity contribution >= 4 is 11.9 Å². The molecule has 9 heteroatoms. The van der Waals surface area contributed by atoms with Gasteiger partial charge >= 0.3 is 12.1 Å². The van der Waals surface area contributed by atoms with Gasteiger partial charge in [0, 0.05) is 25.3 Å². The highest BCUT2D eigenvalue weighted by molar-refractivity contribution is 5.93. The van der Waals surface area contributed by atoms with Gasteiger partial charge in [0.05, 0.1) is 0 Å². The van der Waals surface area contributed by atoms with E-state index in [4.69, 9.17) is 9.90 Å². The van der Waals surface area contributed by atoms with Crippen LogP contribution in [0.25, 0.3) is 11.3 Å². The lowest BCUT2D eigenvalue weighted by Gasteiger charge is -2.06. The van der Waals surface area contributed by atoms with Gasteiger partial charge in [0.15, 0.2) is 0 Å². The molecular formula is C22H20F3N3O3. The first-order chi connectivity index (χ1) is 14.7. The number of amides is 1. The highest BCUT2D eigenvalue weighted by Gasteiger charge is 2.38. The number of aliphatic carboxylic acids is 1. The van der Waals surface area contributed by atoms with Gasteiger partial charge in [0.25, 0.3) is 5.91 Å². The predicted octanol–water partition coefficient (Wildman–Crippen LogP) is 3.85. The molecule has 4 N–H and O–H groups in total. The summed E-state index contributed by atoms with van der Waals surface area (Å²) in [5.41, 5.74) is 6.40. The number of nitrogens with one attached hydrogen (secondary N) is 3. The molecule has 0 saturated carbocycles. The number of alkyl halides is 3. The van der Waals surface area contributed by atoms with Crippen LogP contribution in [0.2, 0.25) is 0 Å². The maximum absolute atomic E-state index is 12.3. The van der Waals surface area contributed by atoms with Crippen LogP contribution < -0.4 is 10.6 Å². The lowest BCUT2D eigenvalue weighted by atomic mass is 10.1. The molecule has 1 amide bonds. The number of carbonyl (C=O) groups excluding carboxylic acids is 1. The van der Waals surface area contributed by atoms with Crippen molar-refractivity contribution in [3.8, 4) is 11.3 Å². The third-order valence-corrected chi connectivity index (χ3v) is 4.61. The van der Waals surface area contributed by atoms with E-state index in [9.17, 15) is 18.0 Å². The van der Waals surface area contributed by atoms with Gasteiger partial charge in [-0.15, -0.1) is 0 Å². The van der Waals surface area contributed by atoms with Crippen LogP contribution in [0.15, 0.2) is 60.7 Å². The van der Waals surface area contributed by atoms with E-state index in [-0.39, 0.29) is 5.91 Å². The fraction of sp³-hybridized carbons (Fsp3) is 0.182. The van der Waals surface area contributed by atoms with E-state index < -0.39 is 12.1 Å². The zero-order valence-corrected chi connectivity index (χ0v) is 16.3. The number of benzene rings is 2. The molecule has 0 saturated heterocycles. The Bertz CT molecular complexity index is 1060. The number of fused-ring (bicyclic) bond motifs is 1. The Labute approximate surface area is 176 Å². The van der Waals surface area contributed by atoms with E-state index in [0.717, 1.165) is 29.9 Å². The number of hydrogen-bond donors (Lipinski definition) is 4. The lowest BCUT2D eigenvalue weighted by molar-refractivity contribution is -0.192. The SMILES string of the molecule is O=C(NCc1ccc2c(c1)CNC2)c1ccc(-c2ccccc2)[nH]1.O=C(O)C(F)(F)F. The van der Waals surface area contributed by atoms with Crippen LogP contribution in [0.4, 0.5) is 13.2 Å². The van der Waals surface area contributed by atoms with Gasteiger partial charge in [-0.2, -0.15) is 13.2 Å². The van der Waals surface area contributed by atoms with E-state index in [0.29, 0.717) is 12.2 Å². The van der Waals surface area contributed by atoms with Gasteiger partial charge in [-0.05, 0) is 34.4 Å². The molecule has 4 rings (SSSR count). The molecule has 1 aliphatic rings. The number of halogens is 3. The maximum Gasteiger partial charge on any atom is 0.490 e. The Kier molecular flexibility index (Phi) is 6.76. The zero-order chi connectivity index (χ0) is 22.4. The van der Waals surface area contributed by atoms with Gasteiger partial charge in [-0.1, -0.05) is 48.5 Å². The second kappa shape index (κ2) is 9.48. The topological polar surface area (TPSA) is 94.2 Å². The molecule has 6 nitrogen and oxygen atoms in total. The standard InChI is InChI=1S/C20H19N3O.C2HF3O2/c24-20(19-9-8-18(23-19)15-4-2-1-3-5-15)22-11-14-6-7-16-12-21-13-17(16)10-14;3-2(4,5)1(6)7/h1-10,21,23H,11-13H2,(H,22,24);(H,6,7). The van der Waals surface area contributed by atoms with Crippen LogP contribution in [0, 0.1) is 0 Å². The number of aromatic amines is 1. The second-order valence-corrected chi connectivity index (χ2v) is 6.84. The van der Waals surface area contributed by atoms with Gasteiger partial charge in [-0.25, -0.2) is 4.79 Å². The van der Waals surface area contributed by atoms with Crippen molar-refractivity contribution in [2.24, 2.45) is 0 Å². The predicted molar refractivity (Wildman–Crippen MR) is 108 cm³/mol. The van der Waals surface area contributed by atoms with Crippen molar-refractivity contribution < 1.29 is 27.9 Å². The minimum Gasteiger partial charge on any atom is -0.475 e. The molecule has 0 unspecified atom stereocenters. The van der Waals surface area contributed by atoms with Gasteiger partial charge in [0.1, 0.15) is 5.69 Å². The average Bonchev–Trinajstić information content (AvgIpc) is 3.42. The van der Waals surface area contributed by atoms with Crippen LogP contribution in [-0.4, -0.2) is 28.1 Å². The number of carboxylic acid groups (broad SMARTS) is 1. The molecule has 0 bridgehead atoms. The van der Waals surface area contributed by atoms with Crippen molar-refractivity contribution in [3.05, 3.63) is 83.0 Å². The fourth-order valence-electron chi connectivity index (χ4n) is 3.05.